The van der Waals surface area contributed by atoms with Gasteiger partial charge < -0.3 is 15.0 Å². The molecule has 178 valence electrons. The van der Waals surface area contributed by atoms with Crippen LogP contribution in [-0.2, 0) is 9.59 Å². The van der Waals surface area contributed by atoms with Gasteiger partial charge in [0.15, 0.2) is 0 Å². The van der Waals surface area contributed by atoms with Crippen LogP contribution < -0.4 is 0 Å². The molecule has 3 aromatic rings. The fourth-order valence-corrected chi connectivity index (χ4v) is 6.11. The lowest BCUT2D eigenvalue weighted by Crippen LogP contribution is -2.54. The van der Waals surface area contributed by atoms with E-state index in [0.717, 1.165) is 31.2 Å². The number of nitrogens with one attached hydrogen (secondary N) is 1. The van der Waals surface area contributed by atoms with Crippen molar-refractivity contribution in [3.05, 3.63) is 71.4 Å². The number of halogens is 2. The van der Waals surface area contributed by atoms with Crippen LogP contribution in [0.2, 0.25) is 0 Å². The first kappa shape index (κ1) is 22.6. The first-order chi connectivity index (χ1) is 16.4. The molecular formula is C27H28F2N2O3. The average Bonchev–Trinajstić information content (AvgIpc) is 3.27. The van der Waals surface area contributed by atoms with Gasteiger partial charge in [-0.3, -0.25) is 9.59 Å². The average molecular weight is 467 g/mol. The van der Waals surface area contributed by atoms with Crippen LogP contribution in [0.1, 0.15) is 55.6 Å². The van der Waals surface area contributed by atoms with E-state index in [-0.39, 0.29) is 35.9 Å². The maximum atomic E-state index is 14.8. The summed E-state index contributed by atoms with van der Waals surface area (Å²) in [4.78, 5) is 30.5. The van der Waals surface area contributed by atoms with Crippen molar-refractivity contribution in [2.24, 2.45) is 11.8 Å². The number of piperidine rings is 1. The SMILES string of the molecule is O=C(O)C1CCN(C(=O)CC(c2ccc(F)cc2)c2c[nH]c3cccc(F)c23)C2CCCCC12. The second-order valence-electron chi connectivity index (χ2n) is 9.55. The van der Waals surface area contributed by atoms with Crippen molar-refractivity contribution < 1.29 is 23.5 Å². The fraction of sp³-hybridized carbons (Fsp3) is 0.407. The van der Waals surface area contributed by atoms with E-state index in [1.165, 1.54) is 18.2 Å². The number of benzene rings is 2. The van der Waals surface area contributed by atoms with E-state index in [1.807, 2.05) is 4.90 Å². The maximum Gasteiger partial charge on any atom is 0.306 e. The third-order valence-electron chi connectivity index (χ3n) is 7.73. The molecule has 2 aromatic carbocycles. The van der Waals surface area contributed by atoms with Gasteiger partial charge in [0.1, 0.15) is 11.6 Å². The molecule has 0 spiro atoms. The van der Waals surface area contributed by atoms with E-state index in [9.17, 15) is 23.5 Å². The minimum absolute atomic E-state index is 0.0289. The highest BCUT2D eigenvalue weighted by Gasteiger charge is 2.44. The Bertz CT molecular complexity index is 1210. The number of carbonyl (C=O) groups excluding carboxylic acids is 1. The smallest absolute Gasteiger partial charge is 0.306 e. The highest BCUT2D eigenvalue weighted by molar-refractivity contribution is 5.86. The molecule has 34 heavy (non-hydrogen) atoms. The molecule has 4 atom stereocenters. The molecule has 0 radical (unpaired) electrons. The van der Waals surface area contributed by atoms with Crippen LogP contribution in [-0.4, -0.2) is 39.5 Å². The third kappa shape index (κ3) is 4.08. The minimum atomic E-state index is -0.776. The lowest BCUT2D eigenvalue weighted by Gasteiger charge is -2.47. The lowest BCUT2D eigenvalue weighted by atomic mass is 9.71. The maximum absolute atomic E-state index is 14.8. The summed E-state index contributed by atoms with van der Waals surface area (Å²) in [5.74, 6) is -2.49. The molecule has 2 N–H and O–H groups in total. The van der Waals surface area contributed by atoms with Gasteiger partial charge in [0.25, 0.3) is 0 Å². The Kier molecular flexibility index (Phi) is 6.11. The number of aromatic amines is 1. The second-order valence-corrected chi connectivity index (χ2v) is 9.55. The lowest BCUT2D eigenvalue weighted by molar-refractivity contribution is -0.153. The molecule has 2 aliphatic rings. The van der Waals surface area contributed by atoms with Gasteiger partial charge in [-0.05, 0) is 60.6 Å². The number of fused-ring (bicyclic) bond motifs is 2. The second kappa shape index (κ2) is 9.20. The van der Waals surface area contributed by atoms with Crippen molar-refractivity contribution in [2.75, 3.05) is 6.54 Å². The summed E-state index contributed by atoms with van der Waals surface area (Å²) in [6.45, 7) is 0.412. The normalized spacial score (nSPS) is 23.5. The first-order valence-corrected chi connectivity index (χ1v) is 12.0. The molecule has 5 rings (SSSR count). The Balaban J connectivity index is 1.48. The summed E-state index contributed by atoms with van der Waals surface area (Å²) in [6.07, 6.45) is 5.88. The number of hydrogen-bond acceptors (Lipinski definition) is 2. The molecule has 1 amide bonds. The van der Waals surface area contributed by atoms with Crippen LogP contribution in [0.15, 0.2) is 48.7 Å². The van der Waals surface area contributed by atoms with Gasteiger partial charge in [-0.2, -0.15) is 0 Å². The predicted octanol–water partition coefficient (Wildman–Crippen LogP) is 5.46. The standard InChI is InChI=1S/C27H28F2N2O3/c28-17-10-8-16(9-11-17)20(21-15-30-23-6-3-5-22(29)26(21)23)14-25(32)31-13-12-19(27(33)34)18-4-1-2-7-24(18)31/h3,5-6,8-11,15,18-20,24,30H,1-2,4,7,12-14H2,(H,33,34). The zero-order chi connectivity index (χ0) is 23.8. The van der Waals surface area contributed by atoms with Crippen LogP contribution in [0.25, 0.3) is 10.9 Å². The first-order valence-electron chi connectivity index (χ1n) is 12.0. The Labute approximate surface area is 196 Å². The molecule has 1 saturated carbocycles. The molecule has 0 bridgehead atoms. The number of H-pyrrole nitrogens is 1. The molecule has 5 nitrogen and oxygen atoms in total. The van der Waals surface area contributed by atoms with Gasteiger partial charge in [0.05, 0.1) is 5.92 Å². The summed E-state index contributed by atoms with van der Waals surface area (Å²) in [5.41, 5.74) is 2.04. The Hall–Kier alpha value is -3.22. The third-order valence-corrected chi connectivity index (χ3v) is 7.73. The predicted molar refractivity (Wildman–Crippen MR) is 124 cm³/mol. The van der Waals surface area contributed by atoms with E-state index in [2.05, 4.69) is 4.98 Å². The van der Waals surface area contributed by atoms with Crippen LogP contribution in [0, 0.1) is 23.5 Å². The monoisotopic (exact) mass is 466 g/mol. The van der Waals surface area contributed by atoms with Gasteiger partial charge in [0, 0.05) is 42.0 Å². The molecular weight excluding hydrogens is 438 g/mol. The molecule has 1 saturated heterocycles. The van der Waals surface area contributed by atoms with Crippen LogP contribution in [0.5, 0.6) is 0 Å². The van der Waals surface area contributed by atoms with Gasteiger partial charge in [-0.25, -0.2) is 8.78 Å². The number of carboxylic acids is 1. The van der Waals surface area contributed by atoms with Gasteiger partial charge >= 0.3 is 5.97 Å². The Morgan fingerprint density at radius 1 is 1.06 bits per heavy atom. The molecule has 1 aliphatic heterocycles. The topological polar surface area (TPSA) is 73.4 Å². The number of aliphatic carboxylic acids is 1. The molecule has 2 fully saturated rings. The number of rotatable bonds is 5. The quantitative estimate of drug-likeness (QED) is 0.524. The number of hydrogen-bond donors (Lipinski definition) is 2. The largest absolute Gasteiger partial charge is 0.481 e. The van der Waals surface area contributed by atoms with E-state index in [4.69, 9.17) is 0 Å². The van der Waals surface area contributed by atoms with E-state index >= 15 is 0 Å². The molecule has 2 heterocycles. The Morgan fingerprint density at radius 3 is 2.59 bits per heavy atom. The number of amides is 1. The molecule has 1 aliphatic carbocycles. The summed E-state index contributed by atoms with van der Waals surface area (Å²) < 4.78 is 28.5. The van der Waals surface area contributed by atoms with E-state index in [0.29, 0.717) is 29.4 Å². The van der Waals surface area contributed by atoms with Crippen LogP contribution in [0.3, 0.4) is 0 Å². The van der Waals surface area contributed by atoms with Gasteiger partial charge in [-0.1, -0.05) is 31.0 Å². The van der Waals surface area contributed by atoms with Crippen molar-refractivity contribution in [3.63, 3.8) is 0 Å². The van der Waals surface area contributed by atoms with Crippen molar-refractivity contribution >= 4 is 22.8 Å². The summed E-state index contributed by atoms with van der Waals surface area (Å²) >= 11 is 0. The summed E-state index contributed by atoms with van der Waals surface area (Å²) in [6, 6.07) is 10.7. The van der Waals surface area contributed by atoms with Crippen LogP contribution >= 0.6 is 0 Å². The highest BCUT2D eigenvalue weighted by atomic mass is 19.1. The number of carbonyl (C=O) groups is 2. The summed E-state index contributed by atoms with van der Waals surface area (Å²) in [5, 5.41) is 10.1. The molecule has 4 unspecified atom stereocenters. The molecule has 1 aromatic heterocycles. The number of carboxylic acid groups (broad SMARTS) is 1. The number of nitrogens with zero attached hydrogens (tertiary/aromatic N) is 1. The van der Waals surface area contributed by atoms with E-state index in [1.54, 1.807) is 30.5 Å². The zero-order valence-electron chi connectivity index (χ0n) is 18.8. The summed E-state index contributed by atoms with van der Waals surface area (Å²) in [7, 11) is 0. The minimum Gasteiger partial charge on any atom is -0.481 e. The van der Waals surface area contributed by atoms with Gasteiger partial charge in [-0.15, -0.1) is 0 Å². The van der Waals surface area contributed by atoms with Crippen molar-refractivity contribution in [3.8, 4) is 0 Å². The Morgan fingerprint density at radius 2 is 1.82 bits per heavy atom. The molecule has 7 heteroatoms. The number of likely N-dealkylation sites (tertiary alicyclic amines) is 1. The fourth-order valence-electron chi connectivity index (χ4n) is 6.11. The zero-order valence-corrected chi connectivity index (χ0v) is 18.8. The van der Waals surface area contributed by atoms with Crippen LogP contribution in [0.4, 0.5) is 8.78 Å². The highest BCUT2D eigenvalue weighted by Crippen LogP contribution is 2.41. The van der Waals surface area contributed by atoms with Gasteiger partial charge in [0.2, 0.25) is 5.91 Å². The van der Waals surface area contributed by atoms with Crippen molar-refractivity contribution in [1.29, 1.82) is 0 Å². The van der Waals surface area contributed by atoms with Crippen molar-refractivity contribution in [2.45, 2.75) is 50.5 Å². The van der Waals surface area contributed by atoms with E-state index < -0.39 is 17.8 Å². The number of aromatic nitrogens is 1. The van der Waals surface area contributed by atoms with Crippen molar-refractivity contribution in [1.82, 2.24) is 9.88 Å².